The van der Waals surface area contributed by atoms with Crippen molar-refractivity contribution >= 4 is 22.4 Å². The third kappa shape index (κ3) is 2.42. The molecule has 1 saturated heterocycles. The van der Waals surface area contributed by atoms with Gasteiger partial charge in [-0.25, -0.2) is 4.98 Å². The first-order valence-corrected chi connectivity index (χ1v) is 6.60. The number of nitrogens with zero attached hydrogens (tertiary/aromatic N) is 2. The van der Waals surface area contributed by atoms with Crippen LogP contribution in [0, 0.1) is 6.92 Å². The highest BCUT2D eigenvalue weighted by molar-refractivity contribution is 7.17. The number of hydrogen-bond acceptors (Lipinski definition) is 5. The summed E-state index contributed by atoms with van der Waals surface area (Å²) < 4.78 is 0. The fourth-order valence-corrected chi connectivity index (χ4v) is 2.99. The van der Waals surface area contributed by atoms with Crippen molar-refractivity contribution in [2.45, 2.75) is 32.2 Å². The predicted octanol–water partition coefficient (Wildman–Crippen LogP) is 1.02. The summed E-state index contributed by atoms with van der Waals surface area (Å²) in [7, 11) is 0. The first-order valence-electron chi connectivity index (χ1n) is 5.78. The molecule has 94 valence electrons. The number of thiazole rings is 1. The first-order chi connectivity index (χ1) is 8.13. The van der Waals surface area contributed by atoms with Crippen LogP contribution in [0.5, 0.6) is 0 Å². The molecule has 0 saturated carbocycles. The molecular weight excluding hydrogens is 238 g/mol. The maximum Gasteiger partial charge on any atom is 0.266 e. The van der Waals surface area contributed by atoms with Crippen LogP contribution in [0.2, 0.25) is 0 Å². The highest BCUT2D eigenvalue weighted by Gasteiger charge is 2.29. The van der Waals surface area contributed by atoms with Gasteiger partial charge in [0.2, 0.25) is 0 Å². The molecule has 3 N–H and O–H groups in total. The van der Waals surface area contributed by atoms with Gasteiger partial charge in [0.05, 0.1) is 18.3 Å². The Morgan fingerprint density at radius 1 is 1.65 bits per heavy atom. The standard InChI is InChI=1S/C11H17N3O2S/c1-7-9(17-11(12)13-7)10(16)14-5-3-2-4-8(14)6-15/h8,15H,2-6H2,1H3,(H2,12,13). The lowest BCUT2D eigenvalue weighted by Crippen LogP contribution is -2.45. The fraction of sp³-hybridized carbons (Fsp3) is 0.636. The Morgan fingerprint density at radius 2 is 2.41 bits per heavy atom. The second-order valence-electron chi connectivity index (χ2n) is 4.30. The quantitative estimate of drug-likeness (QED) is 0.827. The minimum absolute atomic E-state index is 0.0269. The number of hydrogen-bond donors (Lipinski definition) is 2. The molecule has 0 aliphatic carbocycles. The fourth-order valence-electron chi connectivity index (χ4n) is 2.20. The van der Waals surface area contributed by atoms with Gasteiger partial charge in [0.15, 0.2) is 5.13 Å². The second kappa shape index (κ2) is 5.01. The molecular formula is C11H17N3O2S. The van der Waals surface area contributed by atoms with E-state index in [1.54, 1.807) is 11.8 Å². The van der Waals surface area contributed by atoms with Crippen LogP contribution >= 0.6 is 11.3 Å². The largest absolute Gasteiger partial charge is 0.394 e. The zero-order valence-corrected chi connectivity index (χ0v) is 10.7. The molecule has 2 heterocycles. The number of aromatic nitrogens is 1. The third-order valence-corrected chi connectivity index (χ3v) is 4.08. The minimum atomic E-state index is -0.0565. The first kappa shape index (κ1) is 12.3. The van der Waals surface area contributed by atoms with Crippen LogP contribution in [0.15, 0.2) is 0 Å². The van der Waals surface area contributed by atoms with Crippen LogP contribution in [-0.4, -0.2) is 40.1 Å². The maximum atomic E-state index is 12.3. The Morgan fingerprint density at radius 3 is 3.00 bits per heavy atom. The Bertz CT molecular complexity index is 419. The summed E-state index contributed by atoms with van der Waals surface area (Å²) in [6, 6.07) is -0.0565. The number of nitrogen functional groups attached to an aromatic ring is 1. The van der Waals surface area contributed by atoms with Gasteiger partial charge in [-0.15, -0.1) is 0 Å². The van der Waals surface area contributed by atoms with Crippen molar-refractivity contribution in [3.05, 3.63) is 10.6 Å². The Kier molecular flexibility index (Phi) is 3.63. The zero-order chi connectivity index (χ0) is 12.4. The number of aryl methyl sites for hydroxylation is 1. The highest BCUT2D eigenvalue weighted by Crippen LogP contribution is 2.25. The summed E-state index contributed by atoms with van der Waals surface area (Å²) in [5.74, 6) is -0.0459. The lowest BCUT2D eigenvalue weighted by atomic mass is 10.0. The number of aliphatic hydroxyl groups is 1. The molecule has 2 rings (SSSR count). The molecule has 1 atom stereocenters. The van der Waals surface area contributed by atoms with Gasteiger partial charge in [-0.2, -0.15) is 0 Å². The lowest BCUT2D eigenvalue weighted by molar-refractivity contribution is 0.0507. The number of carbonyl (C=O) groups excluding carboxylic acids is 1. The summed E-state index contributed by atoms with van der Waals surface area (Å²) in [6.07, 6.45) is 2.93. The van der Waals surface area contributed by atoms with Gasteiger partial charge in [0, 0.05) is 6.54 Å². The van der Waals surface area contributed by atoms with Gasteiger partial charge >= 0.3 is 0 Å². The molecule has 1 aromatic rings. The lowest BCUT2D eigenvalue weighted by Gasteiger charge is -2.34. The summed E-state index contributed by atoms with van der Waals surface area (Å²) >= 11 is 1.22. The van der Waals surface area contributed by atoms with E-state index in [9.17, 15) is 9.90 Å². The third-order valence-electron chi connectivity index (χ3n) is 3.11. The van der Waals surface area contributed by atoms with Gasteiger partial charge in [0.1, 0.15) is 4.88 Å². The van der Waals surface area contributed by atoms with Crippen molar-refractivity contribution in [1.29, 1.82) is 0 Å². The van der Waals surface area contributed by atoms with E-state index in [2.05, 4.69) is 4.98 Å². The van der Waals surface area contributed by atoms with Gasteiger partial charge < -0.3 is 15.7 Å². The molecule has 0 aromatic carbocycles. The van der Waals surface area contributed by atoms with Gasteiger partial charge in [0.25, 0.3) is 5.91 Å². The molecule has 5 nitrogen and oxygen atoms in total. The van der Waals surface area contributed by atoms with E-state index in [0.717, 1.165) is 19.3 Å². The van der Waals surface area contributed by atoms with Crippen LogP contribution in [0.4, 0.5) is 5.13 Å². The molecule has 6 heteroatoms. The second-order valence-corrected chi connectivity index (χ2v) is 5.33. The Labute approximate surface area is 104 Å². The molecule has 17 heavy (non-hydrogen) atoms. The van der Waals surface area contributed by atoms with Crippen LogP contribution in [0.1, 0.15) is 34.6 Å². The van der Waals surface area contributed by atoms with Gasteiger partial charge in [-0.05, 0) is 26.2 Å². The van der Waals surface area contributed by atoms with Crippen LogP contribution in [-0.2, 0) is 0 Å². The van der Waals surface area contributed by atoms with Crippen LogP contribution in [0.25, 0.3) is 0 Å². The monoisotopic (exact) mass is 255 g/mol. The minimum Gasteiger partial charge on any atom is -0.394 e. The van der Waals surface area contributed by atoms with Crippen molar-refractivity contribution in [2.24, 2.45) is 0 Å². The average Bonchev–Trinajstić information content (AvgIpc) is 2.67. The summed E-state index contributed by atoms with van der Waals surface area (Å²) in [4.78, 5) is 18.8. The number of rotatable bonds is 2. The summed E-state index contributed by atoms with van der Waals surface area (Å²) in [6.45, 7) is 2.53. The van der Waals surface area contributed by atoms with Crippen molar-refractivity contribution in [3.8, 4) is 0 Å². The predicted molar refractivity (Wildman–Crippen MR) is 67.0 cm³/mol. The van der Waals surface area contributed by atoms with E-state index >= 15 is 0 Å². The molecule has 1 aliphatic rings. The van der Waals surface area contributed by atoms with E-state index in [1.165, 1.54) is 11.3 Å². The summed E-state index contributed by atoms with van der Waals surface area (Å²) in [5, 5.41) is 9.72. The summed E-state index contributed by atoms with van der Waals surface area (Å²) in [5.41, 5.74) is 6.28. The molecule has 1 aromatic heterocycles. The van der Waals surface area contributed by atoms with E-state index in [0.29, 0.717) is 22.2 Å². The van der Waals surface area contributed by atoms with Crippen molar-refractivity contribution < 1.29 is 9.90 Å². The molecule has 1 unspecified atom stereocenters. The Balaban J connectivity index is 2.21. The molecule has 0 spiro atoms. The van der Waals surface area contributed by atoms with Gasteiger partial charge in [-0.1, -0.05) is 11.3 Å². The molecule has 1 amide bonds. The molecule has 1 aliphatic heterocycles. The highest BCUT2D eigenvalue weighted by atomic mass is 32.1. The van der Waals surface area contributed by atoms with Crippen molar-refractivity contribution in [2.75, 3.05) is 18.9 Å². The number of amides is 1. The number of aliphatic hydroxyl groups excluding tert-OH is 1. The normalized spacial score (nSPS) is 20.6. The number of carbonyl (C=O) groups is 1. The number of likely N-dealkylation sites (tertiary alicyclic amines) is 1. The smallest absolute Gasteiger partial charge is 0.266 e. The number of nitrogens with two attached hydrogens (primary N) is 1. The van der Waals surface area contributed by atoms with E-state index in [1.807, 2.05) is 0 Å². The molecule has 0 bridgehead atoms. The molecule has 0 radical (unpaired) electrons. The van der Waals surface area contributed by atoms with E-state index in [4.69, 9.17) is 5.73 Å². The Hall–Kier alpha value is -1.14. The zero-order valence-electron chi connectivity index (χ0n) is 9.85. The van der Waals surface area contributed by atoms with Crippen molar-refractivity contribution in [1.82, 2.24) is 9.88 Å². The average molecular weight is 255 g/mol. The topological polar surface area (TPSA) is 79.5 Å². The molecule has 1 fully saturated rings. The van der Waals surface area contributed by atoms with Crippen LogP contribution < -0.4 is 5.73 Å². The van der Waals surface area contributed by atoms with Crippen molar-refractivity contribution in [3.63, 3.8) is 0 Å². The van der Waals surface area contributed by atoms with E-state index in [-0.39, 0.29) is 18.6 Å². The van der Waals surface area contributed by atoms with Crippen LogP contribution in [0.3, 0.4) is 0 Å². The number of anilines is 1. The van der Waals surface area contributed by atoms with E-state index < -0.39 is 0 Å². The SMILES string of the molecule is Cc1nc(N)sc1C(=O)N1CCCCC1CO. The van der Waals surface area contributed by atoms with Gasteiger partial charge in [-0.3, -0.25) is 4.79 Å². The number of piperidine rings is 1. The maximum absolute atomic E-state index is 12.3.